The van der Waals surface area contributed by atoms with Crippen molar-refractivity contribution in [2.45, 2.75) is 13.5 Å². The zero-order chi connectivity index (χ0) is 13.4. The second kappa shape index (κ2) is 4.31. The molecule has 0 saturated heterocycles. The first-order valence-corrected chi connectivity index (χ1v) is 6.12. The lowest BCUT2D eigenvalue weighted by molar-refractivity contribution is 0.480. The van der Waals surface area contributed by atoms with Gasteiger partial charge >= 0.3 is 5.69 Å². The van der Waals surface area contributed by atoms with Gasteiger partial charge in [-0.25, -0.2) is 4.79 Å². The second-order valence-electron chi connectivity index (χ2n) is 4.61. The maximum atomic E-state index is 12.0. The van der Waals surface area contributed by atoms with Crippen LogP contribution in [0.15, 0.2) is 47.3 Å². The molecule has 4 nitrogen and oxygen atoms in total. The number of fused-ring (bicyclic) bond motifs is 1. The summed E-state index contributed by atoms with van der Waals surface area (Å²) in [7, 11) is 0. The monoisotopic (exact) mass is 254 g/mol. The van der Waals surface area contributed by atoms with Crippen LogP contribution in [0.5, 0.6) is 5.75 Å². The number of aromatic nitrogens is 2. The number of phenolic OH excluding ortho intramolecular Hbond substituents is 1. The fourth-order valence-electron chi connectivity index (χ4n) is 2.28. The van der Waals surface area contributed by atoms with Crippen LogP contribution in [0.2, 0.25) is 0 Å². The van der Waals surface area contributed by atoms with Crippen LogP contribution in [0.3, 0.4) is 0 Å². The quantitative estimate of drug-likeness (QED) is 0.737. The Morgan fingerprint density at radius 1 is 1.16 bits per heavy atom. The van der Waals surface area contributed by atoms with Crippen LogP contribution in [0.4, 0.5) is 0 Å². The molecule has 0 aliphatic carbocycles. The predicted octanol–water partition coefficient (Wildman–Crippen LogP) is 2.39. The van der Waals surface area contributed by atoms with Crippen molar-refractivity contribution >= 4 is 11.0 Å². The lowest BCUT2D eigenvalue weighted by Gasteiger charge is -2.06. The Bertz CT molecular complexity index is 799. The molecule has 0 fully saturated rings. The molecular formula is C15H14N2O2. The molecule has 2 N–H and O–H groups in total. The maximum absolute atomic E-state index is 12.0. The molecule has 3 rings (SSSR count). The molecule has 19 heavy (non-hydrogen) atoms. The molecular weight excluding hydrogens is 240 g/mol. The number of imidazole rings is 1. The SMILES string of the molecule is Cc1ccccc1Cn1c(=O)[nH]c2c(O)cccc21. The maximum Gasteiger partial charge on any atom is 0.326 e. The highest BCUT2D eigenvalue weighted by Crippen LogP contribution is 2.21. The molecule has 0 amide bonds. The van der Waals surface area contributed by atoms with E-state index >= 15 is 0 Å². The van der Waals surface area contributed by atoms with Gasteiger partial charge in [0, 0.05) is 0 Å². The number of nitrogens with zero attached hydrogens (tertiary/aromatic N) is 1. The van der Waals surface area contributed by atoms with Gasteiger partial charge in [0.05, 0.1) is 12.1 Å². The topological polar surface area (TPSA) is 58.0 Å². The van der Waals surface area contributed by atoms with E-state index in [1.807, 2.05) is 37.3 Å². The molecule has 0 unspecified atom stereocenters. The number of aromatic hydroxyl groups is 1. The van der Waals surface area contributed by atoms with Crippen molar-refractivity contribution in [3.8, 4) is 5.75 Å². The molecule has 2 aromatic carbocycles. The first-order chi connectivity index (χ1) is 9.16. The third-order valence-electron chi connectivity index (χ3n) is 3.38. The van der Waals surface area contributed by atoms with Gasteiger partial charge in [-0.05, 0) is 30.2 Å². The van der Waals surface area contributed by atoms with Crippen LogP contribution >= 0.6 is 0 Å². The summed E-state index contributed by atoms with van der Waals surface area (Å²) in [6.45, 7) is 2.52. The van der Waals surface area contributed by atoms with Crippen LogP contribution in [-0.4, -0.2) is 14.7 Å². The first-order valence-electron chi connectivity index (χ1n) is 6.12. The molecule has 96 valence electrons. The van der Waals surface area contributed by atoms with E-state index in [0.29, 0.717) is 17.6 Å². The fraction of sp³-hybridized carbons (Fsp3) is 0.133. The van der Waals surface area contributed by atoms with Crippen molar-refractivity contribution in [3.05, 3.63) is 64.1 Å². The van der Waals surface area contributed by atoms with Crippen LogP contribution in [0.1, 0.15) is 11.1 Å². The zero-order valence-electron chi connectivity index (χ0n) is 10.6. The fourth-order valence-corrected chi connectivity index (χ4v) is 2.28. The number of aromatic amines is 1. The van der Waals surface area contributed by atoms with Gasteiger partial charge in [-0.15, -0.1) is 0 Å². The van der Waals surface area contributed by atoms with E-state index in [2.05, 4.69) is 4.98 Å². The van der Waals surface area contributed by atoms with Gasteiger partial charge in [-0.1, -0.05) is 30.3 Å². The van der Waals surface area contributed by atoms with Gasteiger partial charge in [0.25, 0.3) is 0 Å². The summed E-state index contributed by atoms with van der Waals surface area (Å²) in [6, 6.07) is 13.1. The molecule has 0 radical (unpaired) electrons. The number of para-hydroxylation sites is 1. The van der Waals surface area contributed by atoms with Crippen molar-refractivity contribution in [1.82, 2.24) is 9.55 Å². The Kier molecular flexibility index (Phi) is 2.63. The third-order valence-corrected chi connectivity index (χ3v) is 3.38. The molecule has 0 aliphatic rings. The van der Waals surface area contributed by atoms with Crippen LogP contribution in [0.25, 0.3) is 11.0 Å². The molecule has 0 bridgehead atoms. The molecule has 1 heterocycles. The summed E-state index contributed by atoms with van der Waals surface area (Å²) in [6.07, 6.45) is 0. The number of hydrogen-bond acceptors (Lipinski definition) is 2. The smallest absolute Gasteiger partial charge is 0.326 e. The molecule has 0 aliphatic heterocycles. The number of rotatable bonds is 2. The predicted molar refractivity (Wildman–Crippen MR) is 74.5 cm³/mol. The van der Waals surface area contributed by atoms with Crippen LogP contribution in [-0.2, 0) is 6.54 Å². The summed E-state index contributed by atoms with van der Waals surface area (Å²) in [5.74, 6) is 0.0955. The van der Waals surface area contributed by atoms with E-state index in [-0.39, 0.29) is 11.4 Å². The number of phenols is 1. The molecule has 3 aromatic rings. The molecule has 0 saturated carbocycles. The average Bonchev–Trinajstić information content (AvgIpc) is 2.71. The summed E-state index contributed by atoms with van der Waals surface area (Å²) in [4.78, 5) is 14.7. The molecule has 1 aromatic heterocycles. The zero-order valence-corrected chi connectivity index (χ0v) is 10.6. The summed E-state index contributed by atoms with van der Waals surface area (Å²) in [5, 5.41) is 9.75. The van der Waals surface area contributed by atoms with Gasteiger partial charge < -0.3 is 10.1 Å². The number of hydrogen-bond donors (Lipinski definition) is 2. The molecule has 0 spiro atoms. The van der Waals surface area contributed by atoms with E-state index in [1.54, 1.807) is 16.7 Å². The normalized spacial score (nSPS) is 11.0. The van der Waals surface area contributed by atoms with Crippen LogP contribution in [0, 0.1) is 6.92 Å². The van der Waals surface area contributed by atoms with Crippen molar-refractivity contribution in [2.75, 3.05) is 0 Å². The summed E-state index contributed by atoms with van der Waals surface area (Å²) in [5.41, 5.74) is 3.23. The Hall–Kier alpha value is -2.49. The Labute approximate surface area is 109 Å². The average molecular weight is 254 g/mol. The first kappa shape index (κ1) is 11.6. The van der Waals surface area contributed by atoms with Crippen molar-refractivity contribution in [2.24, 2.45) is 0 Å². The lowest BCUT2D eigenvalue weighted by Crippen LogP contribution is -2.17. The minimum Gasteiger partial charge on any atom is -0.506 e. The van der Waals surface area contributed by atoms with E-state index in [1.165, 1.54) is 0 Å². The van der Waals surface area contributed by atoms with Gasteiger partial charge in [0.15, 0.2) is 0 Å². The Morgan fingerprint density at radius 2 is 1.95 bits per heavy atom. The van der Waals surface area contributed by atoms with Gasteiger partial charge in [0.1, 0.15) is 11.3 Å². The van der Waals surface area contributed by atoms with E-state index < -0.39 is 0 Å². The molecule has 4 heteroatoms. The summed E-state index contributed by atoms with van der Waals surface area (Å²) < 4.78 is 1.64. The minimum atomic E-state index is -0.209. The highest BCUT2D eigenvalue weighted by Gasteiger charge is 2.10. The molecule has 0 atom stereocenters. The van der Waals surface area contributed by atoms with Crippen molar-refractivity contribution in [3.63, 3.8) is 0 Å². The number of nitrogens with one attached hydrogen (secondary N) is 1. The van der Waals surface area contributed by atoms with Crippen molar-refractivity contribution in [1.29, 1.82) is 0 Å². The highest BCUT2D eigenvalue weighted by atomic mass is 16.3. The highest BCUT2D eigenvalue weighted by molar-refractivity contribution is 5.81. The van der Waals surface area contributed by atoms with E-state index in [9.17, 15) is 9.90 Å². The number of H-pyrrole nitrogens is 1. The van der Waals surface area contributed by atoms with E-state index in [0.717, 1.165) is 11.1 Å². The standard InChI is InChI=1S/C15H14N2O2/c1-10-5-2-3-6-11(10)9-17-12-7-4-8-13(18)14(12)16-15(17)19/h2-8,18H,9H2,1H3,(H,16,19). The second-order valence-corrected chi connectivity index (χ2v) is 4.61. The van der Waals surface area contributed by atoms with Gasteiger partial charge in [-0.3, -0.25) is 4.57 Å². The number of benzene rings is 2. The summed E-state index contributed by atoms with van der Waals surface area (Å²) >= 11 is 0. The van der Waals surface area contributed by atoms with Crippen molar-refractivity contribution < 1.29 is 5.11 Å². The Morgan fingerprint density at radius 3 is 2.74 bits per heavy atom. The van der Waals surface area contributed by atoms with Crippen LogP contribution < -0.4 is 5.69 Å². The van der Waals surface area contributed by atoms with Gasteiger partial charge in [0.2, 0.25) is 0 Å². The number of aryl methyl sites for hydroxylation is 1. The minimum absolute atomic E-state index is 0.0955. The Balaban J connectivity index is 2.16. The van der Waals surface area contributed by atoms with E-state index in [4.69, 9.17) is 0 Å². The largest absolute Gasteiger partial charge is 0.506 e. The lowest BCUT2D eigenvalue weighted by atomic mass is 10.1. The third kappa shape index (κ3) is 1.91. The van der Waals surface area contributed by atoms with Gasteiger partial charge in [-0.2, -0.15) is 0 Å².